The van der Waals surface area contributed by atoms with Crippen molar-refractivity contribution in [3.63, 3.8) is 0 Å². The van der Waals surface area contributed by atoms with Crippen molar-refractivity contribution in [3.8, 4) is 0 Å². The number of rotatable bonds is 5. The molecule has 1 aliphatic heterocycles. The third kappa shape index (κ3) is 4.85. The highest BCUT2D eigenvalue weighted by molar-refractivity contribution is 7.99. The van der Waals surface area contributed by atoms with Gasteiger partial charge in [-0.15, -0.1) is 11.8 Å². The summed E-state index contributed by atoms with van der Waals surface area (Å²) in [6, 6.07) is 7.38. The minimum atomic E-state index is -3.33. The van der Waals surface area contributed by atoms with Crippen molar-refractivity contribution in [2.45, 2.75) is 87.2 Å². The fourth-order valence-electron chi connectivity index (χ4n) is 4.17. The van der Waals surface area contributed by atoms with Crippen LogP contribution in [0.15, 0.2) is 34.3 Å². The maximum absolute atomic E-state index is 16.4. The van der Waals surface area contributed by atoms with Crippen LogP contribution in [0.2, 0.25) is 10.1 Å². The lowest BCUT2D eigenvalue weighted by Crippen LogP contribution is -2.57. The topological polar surface area (TPSA) is 119 Å². The fourth-order valence-corrected chi connectivity index (χ4v) is 9.73. The molecule has 0 aromatic heterocycles. The van der Waals surface area contributed by atoms with Gasteiger partial charge in [0.05, 0.1) is 6.10 Å². The smallest absolute Gasteiger partial charge is 0.288 e. The molecule has 1 aliphatic rings. The molecule has 7 nitrogen and oxygen atoms in total. The van der Waals surface area contributed by atoms with Crippen LogP contribution in [-0.4, -0.2) is 60.1 Å². The monoisotopic (exact) mass is 457 g/mol. The molecule has 30 heavy (non-hydrogen) atoms. The highest BCUT2D eigenvalue weighted by Gasteiger charge is 2.56. The zero-order valence-electron chi connectivity index (χ0n) is 18.3. The maximum atomic E-state index is 16.4. The van der Waals surface area contributed by atoms with E-state index in [1.165, 1.54) is 11.8 Å². The van der Waals surface area contributed by atoms with Crippen LogP contribution in [0.1, 0.15) is 41.5 Å². The van der Waals surface area contributed by atoms with Gasteiger partial charge in [0.2, 0.25) is 0 Å². The van der Waals surface area contributed by atoms with Crippen LogP contribution >= 0.6 is 11.8 Å². The molecule has 2 rings (SSSR count). The van der Waals surface area contributed by atoms with Gasteiger partial charge in [-0.3, -0.25) is 0 Å². The number of nitrogens with zero attached hydrogens (tertiary/aromatic N) is 3. The van der Waals surface area contributed by atoms with E-state index in [0.29, 0.717) is 0 Å². The summed E-state index contributed by atoms with van der Waals surface area (Å²) in [6.45, 7) is 11.7. The van der Waals surface area contributed by atoms with Gasteiger partial charge in [0.25, 0.3) is 8.41 Å². The molecule has 1 saturated heterocycles. The second-order valence-corrected chi connectivity index (χ2v) is 15.7. The zero-order valence-corrected chi connectivity index (χ0v) is 20.1. The second kappa shape index (κ2) is 9.16. The molecule has 0 amide bonds. The first kappa shape index (κ1) is 25.1. The second-order valence-electron chi connectivity index (χ2n) is 9.74. The van der Waals surface area contributed by atoms with Crippen LogP contribution in [0.5, 0.6) is 0 Å². The zero-order chi connectivity index (χ0) is 22.9. The van der Waals surface area contributed by atoms with Crippen LogP contribution in [0.4, 0.5) is 4.11 Å². The van der Waals surface area contributed by atoms with Crippen molar-refractivity contribution in [3.05, 3.63) is 34.7 Å². The molecular weight excluding hydrogens is 425 g/mol. The largest absolute Gasteiger partial charge is 0.388 e. The van der Waals surface area contributed by atoms with Gasteiger partial charge in [-0.2, -0.15) is 0 Å². The summed E-state index contributed by atoms with van der Waals surface area (Å²) in [7, 11) is -3.33. The number of azide groups is 1. The van der Waals surface area contributed by atoms with E-state index in [-0.39, 0.29) is 5.75 Å². The number of aliphatic hydroxyl groups excluding tert-OH is 3. The molecule has 168 valence electrons. The molecule has 1 aromatic rings. The lowest BCUT2D eigenvalue weighted by atomic mass is 9.99. The number of ether oxygens (including phenoxy) is 1. The van der Waals surface area contributed by atoms with Gasteiger partial charge in [0, 0.05) is 15.6 Å². The van der Waals surface area contributed by atoms with Crippen molar-refractivity contribution < 1.29 is 24.2 Å². The Bertz CT molecular complexity index is 764. The van der Waals surface area contributed by atoms with E-state index in [1.54, 1.807) is 0 Å². The summed E-state index contributed by atoms with van der Waals surface area (Å²) >= 11 is 1.37. The summed E-state index contributed by atoms with van der Waals surface area (Å²) in [5.41, 5.74) is 8.58. The lowest BCUT2D eigenvalue weighted by molar-refractivity contribution is -0.213. The van der Waals surface area contributed by atoms with Crippen molar-refractivity contribution in [1.29, 1.82) is 0 Å². The van der Waals surface area contributed by atoms with Gasteiger partial charge >= 0.3 is 0 Å². The van der Waals surface area contributed by atoms with E-state index >= 15 is 4.11 Å². The summed E-state index contributed by atoms with van der Waals surface area (Å²) in [6.07, 6.45) is -6.38. The van der Waals surface area contributed by atoms with Gasteiger partial charge in [-0.05, 0) is 32.9 Å². The first-order chi connectivity index (χ1) is 13.7. The number of aliphatic hydroxyl groups is 3. The summed E-state index contributed by atoms with van der Waals surface area (Å²) in [5, 5.41) is 33.1. The number of benzene rings is 1. The van der Waals surface area contributed by atoms with E-state index in [0.717, 1.165) is 10.1 Å². The van der Waals surface area contributed by atoms with Gasteiger partial charge in [0.1, 0.15) is 18.3 Å². The van der Waals surface area contributed by atoms with Gasteiger partial charge in [0.15, 0.2) is 6.23 Å². The molecule has 0 spiro atoms. The third-order valence-electron chi connectivity index (χ3n) is 5.59. The maximum Gasteiger partial charge on any atom is 0.288 e. The van der Waals surface area contributed by atoms with E-state index in [1.807, 2.05) is 65.8 Å². The molecule has 0 radical (unpaired) electrons. The number of thioether (sulfide) groups is 1. The predicted molar refractivity (Wildman–Crippen MR) is 119 cm³/mol. The molecule has 0 bridgehead atoms. The van der Waals surface area contributed by atoms with Gasteiger partial charge in [-0.25, -0.2) is 0 Å². The third-order valence-corrected chi connectivity index (χ3v) is 11.9. The predicted octanol–water partition coefficient (Wildman–Crippen LogP) is 3.62. The SMILES string of the molecule is CC(C)(C)[Si](F)(c1ccc(SCC2O[C@@H](N=[N+]=[N-])C(O)C(O)[C@@H]2O)cc1)C(C)(C)C. The molecule has 3 unspecified atom stereocenters. The van der Waals surface area contributed by atoms with Crippen LogP contribution in [-0.2, 0) is 4.74 Å². The molecule has 1 fully saturated rings. The van der Waals surface area contributed by atoms with Crippen molar-refractivity contribution >= 4 is 25.4 Å². The Morgan fingerprint density at radius 3 is 2.03 bits per heavy atom. The molecule has 10 heteroatoms. The number of halogens is 1. The molecule has 5 atom stereocenters. The Morgan fingerprint density at radius 2 is 1.57 bits per heavy atom. The number of hydrogen-bond acceptors (Lipinski definition) is 6. The lowest BCUT2D eigenvalue weighted by Gasteiger charge is -2.45. The minimum Gasteiger partial charge on any atom is -0.388 e. The average Bonchev–Trinajstić information content (AvgIpc) is 2.65. The Morgan fingerprint density at radius 1 is 1.03 bits per heavy atom. The van der Waals surface area contributed by atoms with Crippen LogP contribution < -0.4 is 5.19 Å². The van der Waals surface area contributed by atoms with Crippen LogP contribution in [0.3, 0.4) is 0 Å². The van der Waals surface area contributed by atoms with E-state index in [4.69, 9.17) is 10.3 Å². The molecule has 0 aliphatic carbocycles. The minimum absolute atomic E-state index is 0.262. The molecule has 1 aromatic carbocycles. The highest BCUT2D eigenvalue weighted by Crippen LogP contribution is 2.51. The Kier molecular flexibility index (Phi) is 7.67. The van der Waals surface area contributed by atoms with E-state index in [2.05, 4.69) is 10.0 Å². The Hall–Kier alpha value is -1.13. The van der Waals surface area contributed by atoms with Crippen LogP contribution in [0, 0.1) is 0 Å². The molecule has 1 heterocycles. The standard InChI is InChI=1S/C20H32FN3O4SSi/c1-19(2,3)30(21,20(4,5)6)13-9-7-12(8-10-13)29-11-14-15(25)16(26)17(27)18(28-14)23-24-22/h7-10,14-18,25-27H,11H2,1-6H3/t14?,15-,16?,17?,18-/m1/s1. The Labute approximate surface area is 182 Å². The Balaban J connectivity index is 2.15. The highest BCUT2D eigenvalue weighted by atomic mass is 32.2. The first-order valence-corrected chi connectivity index (χ1v) is 12.8. The first-order valence-electron chi connectivity index (χ1n) is 9.90. The molecule has 3 N–H and O–H groups in total. The van der Waals surface area contributed by atoms with Crippen LogP contribution in [0.25, 0.3) is 10.4 Å². The molecular formula is C20H32FN3O4SSi. The van der Waals surface area contributed by atoms with Crippen molar-refractivity contribution in [2.75, 3.05) is 5.75 Å². The summed E-state index contributed by atoms with van der Waals surface area (Å²) in [4.78, 5) is 3.46. The van der Waals surface area contributed by atoms with E-state index in [9.17, 15) is 15.3 Å². The number of hydrogen-bond donors (Lipinski definition) is 3. The summed E-state index contributed by atoms with van der Waals surface area (Å²) < 4.78 is 21.8. The summed E-state index contributed by atoms with van der Waals surface area (Å²) in [5.74, 6) is 0.262. The average molecular weight is 458 g/mol. The normalized spacial score (nSPS) is 28.1. The van der Waals surface area contributed by atoms with Gasteiger partial charge < -0.3 is 24.2 Å². The van der Waals surface area contributed by atoms with E-state index < -0.39 is 49.1 Å². The quantitative estimate of drug-likeness (QED) is 0.156. The van der Waals surface area contributed by atoms with Gasteiger partial charge in [-0.1, -0.05) is 58.8 Å². The van der Waals surface area contributed by atoms with Crippen molar-refractivity contribution in [1.82, 2.24) is 0 Å². The van der Waals surface area contributed by atoms with Crippen molar-refractivity contribution in [2.24, 2.45) is 5.11 Å². The fraction of sp³-hybridized carbons (Fsp3) is 0.700. The molecule has 0 saturated carbocycles.